The Morgan fingerprint density at radius 2 is 1.09 bits per heavy atom. The van der Waals surface area contributed by atoms with Crippen LogP contribution in [0.25, 0.3) is 0 Å². The molecule has 7 heteroatoms. The molecule has 0 saturated carbocycles. The van der Waals surface area contributed by atoms with Gasteiger partial charge in [-0.25, -0.2) is 4.57 Å². The summed E-state index contributed by atoms with van der Waals surface area (Å²) in [6, 6.07) is 0. The zero-order valence-electron chi connectivity index (χ0n) is 20.6. The topological polar surface area (TPSA) is 96.2 Å². The second kappa shape index (κ2) is 23.8. The minimum Gasteiger partial charge on any atom is -0.499 e. The van der Waals surface area contributed by atoms with Gasteiger partial charge < -0.3 is 19.6 Å². The van der Waals surface area contributed by atoms with Gasteiger partial charge in [-0.3, -0.25) is 4.52 Å². The average molecular weight is 479 g/mol. The molecule has 32 heavy (non-hydrogen) atoms. The van der Waals surface area contributed by atoms with Crippen molar-refractivity contribution < 1.29 is 28.7 Å². The minimum atomic E-state index is -4.54. The van der Waals surface area contributed by atoms with E-state index in [1.807, 2.05) is 6.08 Å². The maximum Gasteiger partial charge on any atom is 0.469 e. The Morgan fingerprint density at radius 3 is 1.50 bits per heavy atom. The van der Waals surface area contributed by atoms with Crippen LogP contribution in [0.2, 0.25) is 0 Å². The number of aliphatic hydroxyl groups is 1. The lowest BCUT2D eigenvalue weighted by molar-refractivity contribution is 0.0357. The standard InChI is InChI=1S/C25H51O6P/c1-2-3-4-5-6-7-8-9-10-11-12-13-14-15-16-17-18-19-20-21-22-30-23-25(26)24-31-32(27,28)29/h21-22,25-26H,2-20,23-24H2,1H3,(H2,27,28,29). The first-order valence-corrected chi connectivity index (χ1v) is 14.6. The molecule has 0 aliphatic heterocycles. The molecule has 0 rings (SSSR count). The number of hydrogen-bond acceptors (Lipinski definition) is 4. The number of rotatable bonds is 25. The Morgan fingerprint density at radius 1 is 0.688 bits per heavy atom. The van der Waals surface area contributed by atoms with E-state index in [2.05, 4.69) is 11.4 Å². The largest absolute Gasteiger partial charge is 0.499 e. The molecule has 0 aromatic heterocycles. The SMILES string of the molecule is CCCCCCCCCCCCCCCCCCCCC=COCC(O)COP(=O)(O)O. The van der Waals surface area contributed by atoms with Gasteiger partial charge in [0.25, 0.3) is 0 Å². The van der Waals surface area contributed by atoms with Crippen LogP contribution in [0.1, 0.15) is 129 Å². The predicted molar refractivity (Wildman–Crippen MR) is 132 cm³/mol. The van der Waals surface area contributed by atoms with Gasteiger partial charge >= 0.3 is 7.82 Å². The lowest BCUT2D eigenvalue weighted by Gasteiger charge is -2.10. The van der Waals surface area contributed by atoms with Crippen molar-refractivity contribution in [1.29, 1.82) is 0 Å². The third kappa shape index (κ3) is 27.6. The fourth-order valence-electron chi connectivity index (χ4n) is 3.70. The minimum absolute atomic E-state index is 0.0460. The van der Waals surface area contributed by atoms with Crippen LogP contribution < -0.4 is 0 Å². The molecule has 192 valence electrons. The average Bonchev–Trinajstić information content (AvgIpc) is 2.75. The van der Waals surface area contributed by atoms with Crippen LogP contribution in [0.15, 0.2) is 12.3 Å². The summed E-state index contributed by atoms with van der Waals surface area (Å²) in [4.78, 5) is 17.1. The first kappa shape index (κ1) is 31.6. The summed E-state index contributed by atoms with van der Waals surface area (Å²) in [5, 5.41) is 9.45. The first-order valence-electron chi connectivity index (χ1n) is 13.1. The second-order valence-electron chi connectivity index (χ2n) is 8.94. The molecule has 0 aliphatic rings. The maximum absolute atomic E-state index is 10.5. The maximum atomic E-state index is 10.5. The van der Waals surface area contributed by atoms with Gasteiger partial charge in [0.15, 0.2) is 0 Å². The second-order valence-corrected chi connectivity index (χ2v) is 10.2. The van der Waals surface area contributed by atoms with Crippen molar-refractivity contribution >= 4 is 7.82 Å². The van der Waals surface area contributed by atoms with Crippen LogP contribution in [0.3, 0.4) is 0 Å². The zero-order valence-corrected chi connectivity index (χ0v) is 21.5. The Bertz CT molecular complexity index is 452. The number of unbranched alkanes of at least 4 members (excludes halogenated alkanes) is 18. The van der Waals surface area contributed by atoms with Crippen molar-refractivity contribution in [1.82, 2.24) is 0 Å². The highest BCUT2D eigenvalue weighted by molar-refractivity contribution is 7.46. The molecule has 1 atom stereocenters. The van der Waals surface area contributed by atoms with E-state index in [0.717, 1.165) is 12.8 Å². The molecule has 0 aliphatic carbocycles. The van der Waals surface area contributed by atoms with Gasteiger partial charge in [-0.15, -0.1) is 0 Å². The Kier molecular flexibility index (Phi) is 23.5. The molecule has 0 saturated heterocycles. The van der Waals surface area contributed by atoms with Crippen LogP contribution >= 0.6 is 7.82 Å². The lowest BCUT2D eigenvalue weighted by Crippen LogP contribution is -2.19. The Balaban J connectivity index is 3.19. The molecular formula is C25H51O6P. The van der Waals surface area contributed by atoms with Crippen molar-refractivity contribution in [2.45, 2.75) is 135 Å². The molecule has 0 amide bonds. The van der Waals surface area contributed by atoms with Crippen LogP contribution in [-0.2, 0) is 13.8 Å². The van der Waals surface area contributed by atoms with Crippen LogP contribution in [0.5, 0.6) is 0 Å². The smallest absolute Gasteiger partial charge is 0.469 e. The fourth-order valence-corrected chi connectivity index (χ4v) is 4.06. The highest BCUT2D eigenvalue weighted by Crippen LogP contribution is 2.35. The predicted octanol–water partition coefficient (Wildman–Crippen LogP) is 7.42. The fraction of sp³-hybridized carbons (Fsp3) is 0.920. The molecule has 0 heterocycles. The van der Waals surface area contributed by atoms with E-state index in [1.165, 1.54) is 115 Å². The van der Waals surface area contributed by atoms with E-state index in [9.17, 15) is 9.67 Å². The van der Waals surface area contributed by atoms with E-state index in [4.69, 9.17) is 14.5 Å². The van der Waals surface area contributed by atoms with E-state index in [0.29, 0.717) is 0 Å². The van der Waals surface area contributed by atoms with E-state index < -0.39 is 20.5 Å². The molecule has 0 aromatic carbocycles. The van der Waals surface area contributed by atoms with Crippen LogP contribution in [0, 0.1) is 0 Å². The Labute approximate surface area is 197 Å². The van der Waals surface area contributed by atoms with Gasteiger partial charge in [0.05, 0.1) is 12.9 Å². The summed E-state index contributed by atoms with van der Waals surface area (Å²) < 4.78 is 19.9. The molecule has 1 unspecified atom stereocenters. The summed E-state index contributed by atoms with van der Waals surface area (Å²) >= 11 is 0. The van der Waals surface area contributed by atoms with Crippen LogP contribution in [-0.4, -0.2) is 34.2 Å². The number of phosphoric ester groups is 1. The summed E-state index contributed by atoms with van der Waals surface area (Å²) in [6.45, 7) is 1.78. The number of hydrogen-bond donors (Lipinski definition) is 3. The lowest BCUT2D eigenvalue weighted by atomic mass is 10.0. The molecule has 0 bridgehead atoms. The van der Waals surface area contributed by atoms with Gasteiger partial charge in [-0.2, -0.15) is 0 Å². The summed E-state index contributed by atoms with van der Waals surface area (Å²) in [7, 11) is -4.54. The number of ether oxygens (including phenoxy) is 1. The third-order valence-electron chi connectivity index (χ3n) is 5.64. The van der Waals surface area contributed by atoms with E-state index in [-0.39, 0.29) is 6.61 Å². The van der Waals surface area contributed by atoms with Gasteiger partial charge in [0, 0.05) is 0 Å². The molecule has 0 radical (unpaired) electrons. The monoisotopic (exact) mass is 478 g/mol. The number of aliphatic hydroxyl groups excluding tert-OH is 1. The number of phosphoric acid groups is 1. The van der Waals surface area contributed by atoms with Crippen molar-refractivity contribution in [3.63, 3.8) is 0 Å². The summed E-state index contributed by atoms with van der Waals surface area (Å²) in [6.07, 6.45) is 28.0. The molecule has 3 N–H and O–H groups in total. The quantitative estimate of drug-likeness (QED) is 0.0718. The van der Waals surface area contributed by atoms with E-state index >= 15 is 0 Å². The third-order valence-corrected chi connectivity index (χ3v) is 6.13. The van der Waals surface area contributed by atoms with Crippen molar-refractivity contribution in [3.05, 3.63) is 12.3 Å². The number of allylic oxidation sites excluding steroid dienone is 1. The normalized spacial score (nSPS) is 13.1. The molecule has 6 nitrogen and oxygen atoms in total. The van der Waals surface area contributed by atoms with E-state index in [1.54, 1.807) is 0 Å². The highest BCUT2D eigenvalue weighted by Gasteiger charge is 2.16. The van der Waals surface area contributed by atoms with Crippen molar-refractivity contribution in [2.24, 2.45) is 0 Å². The van der Waals surface area contributed by atoms with Crippen molar-refractivity contribution in [2.75, 3.05) is 13.2 Å². The first-order chi connectivity index (χ1) is 15.5. The molecular weight excluding hydrogens is 427 g/mol. The van der Waals surface area contributed by atoms with Gasteiger partial charge in [-0.1, -0.05) is 116 Å². The summed E-state index contributed by atoms with van der Waals surface area (Å²) in [5.74, 6) is 0. The molecule has 0 fully saturated rings. The molecule has 0 aromatic rings. The highest BCUT2D eigenvalue weighted by atomic mass is 31.2. The van der Waals surface area contributed by atoms with Crippen LogP contribution in [0.4, 0.5) is 0 Å². The van der Waals surface area contributed by atoms with Crippen molar-refractivity contribution in [3.8, 4) is 0 Å². The molecule has 0 spiro atoms. The summed E-state index contributed by atoms with van der Waals surface area (Å²) in [5.41, 5.74) is 0. The van der Waals surface area contributed by atoms with Gasteiger partial charge in [-0.05, 0) is 18.9 Å². The van der Waals surface area contributed by atoms with Gasteiger partial charge in [0.2, 0.25) is 0 Å². The van der Waals surface area contributed by atoms with Gasteiger partial charge in [0.1, 0.15) is 12.7 Å². The zero-order chi connectivity index (χ0) is 23.8. The Hall–Kier alpha value is -0.390.